The summed E-state index contributed by atoms with van der Waals surface area (Å²) in [6.45, 7) is -0.874. The van der Waals surface area contributed by atoms with Gasteiger partial charge in [0.2, 0.25) is 5.43 Å². The molecule has 0 saturated heterocycles. The topological polar surface area (TPSA) is 99.8 Å². The summed E-state index contributed by atoms with van der Waals surface area (Å²) in [5, 5.41) is 20.1. The van der Waals surface area contributed by atoms with Crippen LogP contribution in [-0.2, 0) is 0 Å². The molecule has 10 heteroatoms. The number of fused-ring (bicyclic) bond motifs is 1. The van der Waals surface area contributed by atoms with Gasteiger partial charge in [-0.2, -0.15) is 13.2 Å². The van der Waals surface area contributed by atoms with Crippen LogP contribution in [0.3, 0.4) is 0 Å². The van der Waals surface area contributed by atoms with Gasteiger partial charge in [0.15, 0.2) is 11.4 Å². The minimum atomic E-state index is -4.53. The third-order valence-corrected chi connectivity index (χ3v) is 6.06. The van der Waals surface area contributed by atoms with Crippen molar-refractivity contribution in [2.75, 3.05) is 13.1 Å². The number of carboxylic acids is 1. The zero-order valence-corrected chi connectivity index (χ0v) is 18.3. The van der Waals surface area contributed by atoms with E-state index >= 15 is 0 Å². The van der Waals surface area contributed by atoms with E-state index in [4.69, 9.17) is 0 Å². The van der Waals surface area contributed by atoms with Gasteiger partial charge in [0.05, 0.1) is 12.5 Å². The Kier molecular flexibility index (Phi) is 6.38. The van der Waals surface area contributed by atoms with E-state index in [1.54, 1.807) is 36.4 Å². The Balaban J connectivity index is 1.95. The number of alkyl halides is 3. The highest BCUT2D eigenvalue weighted by atomic mass is 19.4. The fourth-order valence-electron chi connectivity index (χ4n) is 4.47. The predicted octanol–water partition coefficient (Wildman–Crippen LogP) is 4.03. The van der Waals surface area contributed by atoms with Gasteiger partial charge in [-0.3, -0.25) is 9.59 Å². The van der Waals surface area contributed by atoms with Crippen molar-refractivity contribution in [3.05, 3.63) is 99.5 Å². The summed E-state index contributed by atoms with van der Waals surface area (Å²) in [5.41, 5.74) is -1.03. The van der Waals surface area contributed by atoms with Gasteiger partial charge in [0.25, 0.3) is 5.91 Å². The Hall–Kier alpha value is -4.08. The zero-order valence-electron chi connectivity index (χ0n) is 18.3. The van der Waals surface area contributed by atoms with Gasteiger partial charge < -0.3 is 19.7 Å². The highest BCUT2D eigenvalue weighted by molar-refractivity contribution is 5.97. The molecule has 0 spiro atoms. The number of carboxylic acid groups (broad SMARTS) is 1. The fourth-order valence-corrected chi connectivity index (χ4v) is 4.47. The number of carbonyl (C=O) groups excluding carboxylic acids is 1. The lowest BCUT2D eigenvalue weighted by Gasteiger charge is -2.40. The monoisotopic (exact) mass is 486 g/mol. The van der Waals surface area contributed by atoms with E-state index in [-0.39, 0.29) is 6.54 Å². The maximum absolute atomic E-state index is 13.1. The molecule has 0 radical (unpaired) electrons. The lowest BCUT2D eigenvalue weighted by Crippen LogP contribution is -2.47. The van der Waals surface area contributed by atoms with Gasteiger partial charge in [-0.05, 0) is 11.1 Å². The highest BCUT2D eigenvalue weighted by Crippen LogP contribution is 2.40. The summed E-state index contributed by atoms with van der Waals surface area (Å²) in [5.74, 6) is -4.21. The SMILES string of the molecule is O=C(O)c1cn2c(c(O)c1=O)C(=O)N(CCC(F)(F)F)C[C@@H]2C(c1ccccc1)c1ccccc1. The van der Waals surface area contributed by atoms with Crippen LogP contribution in [0.15, 0.2) is 71.7 Å². The summed E-state index contributed by atoms with van der Waals surface area (Å²) in [6.07, 6.45) is -4.81. The molecule has 2 heterocycles. The first-order valence-corrected chi connectivity index (χ1v) is 10.8. The normalized spacial score (nSPS) is 15.8. The van der Waals surface area contributed by atoms with Crippen molar-refractivity contribution in [2.45, 2.75) is 24.6 Å². The Morgan fingerprint density at radius 2 is 1.54 bits per heavy atom. The number of amides is 1. The van der Waals surface area contributed by atoms with Crippen LogP contribution in [0.2, 0.25) is 0 Å². The first-order valence-electron chi connectivity index (χ1n) is 10.8. The number of nitrogens with zero attached hydrogens (tertiary/aromatic N) is 2. The van der Waals surface area contributed by atoms with Crippen LogP contribution in [0, 0.1) is 0 Å². The molecule has 0 unspecified atom stereocenters. The van der Waals surface area contributed by atoms with Crippen LogP contribution >= 0.6 is 0 Å². The van der Waals surface area contributed by atoms with E-state index in [1.807, 2.05) is 24.3 Å². The van der Waals surface area contributed by atoms with Crippen molar-refractivity contribution in [3.63, 3.8) is 0 Å². The van der Waals surface area contributed by atoms with Crippen LogP contribution in [0.1, 0.15) is 50.4 Å². The quantitative estimate of drug-likeness (QED) is 0.548. The first-order chi connectivity index (χ1) is 16.6. The smallest absolute Gasteiger partial charge is 0.390 e. The van der Waals surface area contributed by atoms with Crippen LogP contribution in [0.25, 0.3) is 0 Å². The molecule has 0 fully saturated rings. The van der Waals surface area contributed by atoms with Gasteiger partial charge in [-0.15, -0.1) is 0 Å². The summed E-state index contributed by atoms with van der Waals surface area (Å²) in [4.78, 5) is 38.2. The molecule has 182 valence electrons. The average molecular weight is 486 g/mol. The van der Waals surface area contributed by atoms with Gasteiger partial charge in [-0.1, -0.05) is 60.7 Å². The van der Waals surface area contributed by atoms with E-state index in [1.165, 1.54) is 4.57 Å². The van der Waals surface area contributed by atoms with Crippen molar-refractivity contribution in [2.24, 2.45) is 0 Å². The number of aromatic carboxylic acids is 1. The molecule has 0 aliphatic carbocycles. The lowest BCUT2D eigenvalue weighted by atomic mass is 9.83. The molecule has 0 bridgehead atoms. The fraction of sp³-hybridized carbons (Fsp3) is 0.240. The van der Waals surface area contributed by atoms with Crippen molar-refractivity contribution in [1.29, 1.82) is 0 Å². The minimum Gasteiger partial charge on any atom is -0.503 e. The largest absolute Gasteiger partial charge is 0.503 e. The van der Waals surface area contributed by atoms with E-state index < -0.39 is 65.4 Å². The van der Waals surface area contributed by atoms with Crippen molar-refractivity contribution in [3.8, 4) is 5.75 Å². The molecule has 7 nitrogen and oxygen atoms in total. The molecule has 1 amide bonds. The number of carbonyl (C=O) groups is 2. The van der Waals surface area contributed by atoms with Gasteiger partial charge in [-0.25, -0.2) is 4.79 Å². The molecule has 4 rings (SSSR count). The summed E-state index contributed by atoms with van der Waals surface area (Å²) < 4.78 is 40.2. The van der Waals surface area contributed by atoms with E-state index in [2.05, 4.69) is 0 Å². The molecule has 2 N–H and O–H groups in total. The van der Waals surface area contributed by atoms with Crippen LogP contribution in [-0.4, -0.2) is 50.8 Å². The average Bonchev–Trinajstić information content (AvgIpc) is 2.82. The first kappa shape index (κ1) is 24.1. The maximum Gasteiger partial charge on any atom is 0.390 e. The van der Waals surface area contributed by atoms with E-state index in [0.29, 0.717) is 0 Å². The summed E-state index contributed by atoms with van der Waals surface area (Å²) >= 11 is 0. The number of rotatable bonds is 6. The predicted molar refractivity (Wildman–Crippen MR) is 120 cm³/mol. The molecule has 3 aromatic rings. The van der Waals surface area contributed by atoms with Gasteiger partial charge in [0.1, 0.15) is 5.56 Å². The molecule has 1 atom stereocenters. The van der Waals surface area contributed by atoms with Crippen molar-refractivity contribution < 1.29 is 33.0 Å². The molecular formula is C25H21F3N2O5. The molecule has 1 aromatic heterocycles. The van der Waals surface area contributed by atoms with E-state index in [0.717, 1.165) is 22.2 Å². The molecule has 0 saturated carbocycles. The molecule has 35 heavy (non-hydrogen) atoms. The van der Waals surface area contributed by atoms with Crippen molar-refractivity contribution >= 4 is 11.9 Å². The Morgan fingerprint density at radius 3 is 2.03 bits per heavy atom. The standard InChI is InChI=1S/C25H21F3N2O5/c26-25(27,28)11-12-29-14-18(19(15-7-3-1-4-8-15)16-9-5-2-6-10-16)30-13-17(24(34)35)21(31)22(32)20(30)23(29)33/h1-10,13,18-19,32H,11-12,14H2,(H,34,35)/t18-/m1/s1. The number of aromatic nitrogens is 1. The second kappa shape index (κ2) is 9.28. The second-order valence-corrected chi connectivity index (χ2v) is 8.26. The van der Waals surface area contributed by atoms with Crippen molar-refractivity contribution in [1.82, 2.24) is 9.47 Å². The number of hydrogen-bond acceptors (Lipinski definition) is 4. The lowest BCUT2D eigenvalue weighted by molar-refractivity contribution is -0.137. The third kappa shape index (κ3) is 4.77. The highest BCUT2D eigenvalue weighted by Gasteiger charge is 2.41. The second-order valence-electron chi connectivity index (χ2n) is 8.26. The number of hydrogen-bond donors (Lipinski definition) is 2. The Bertz CT molecular complexity index is 1270. The zero-order chi connectivity index (χ0) is 25.3. The van der Waals surface area contributed by atoms with Crippen LogP contribution < -0.4 is 5.43 Å². The van der Waals surface area contributed by atoms with E-state index in [9.17, 15) is 37.8 Å². The number of pyridine rings is 1. The Labute approximate surface area is 197 Å². The summed E-state index contributed by atoms with van der Waals surface area (Å²) in [6, 6.07) is 17.2. The summed E-state index contributed by atoms with van der Waals surface area (Å²) in [7, 11) is 0. The van der Waals surface area contributed by atoms with Gasteiger partial charge >= 0.3 is 12.1 Å². The third-order valence-electron chi connectivity index (χ3n) is 6.06. The molecular weight excluding hydrogens is 465 g/mol. The molecule has 1 aliphatic rings. The Morgan fingerprint density at radius 1 is 1.00 bits per heavy atom. The minimum absolute atomic E-state index is 0.197. The molecule has 2 aromatic carbocycles. The molecule has 1 aliphatic heterocycles. The number of halogens is 3. The number of aromatic hydroxyl groups is 1. The maximum atomic E-state index is 13.1. The van der Waals surface area contributed by atoms with Gasteiger partial charge in [0, 0.05) is 25.2 Å². The van der Waals surface area contributed by atoms with Crippen LogP contribution in [0.4, 0.5) is 13.2 Å². The number of benzene rings is 2. The van der Waals surface area contributed by atoms with Crippen LogP contribution in [0.5, 0.6) is 5.75 Å².